The molecule has 0 spiro atoms. The van der Waals surface area contributed by atoms with Crippen LogP contribution in [0.15, 0.2) is 24.3 Å². The fourth-order valence-electron chi connectivity index (χ4n) is 2.45. The molecule has 2 atom stereocenters. The van der Waals surface area contributed by atoms with Crippen molar-refractivity contribution < 1.29 is 14.3 Å². The first kappa shape index (κ1) is 17.7. The number of anilines is 1. The minimum atomic E-state index is -0.573. The van der Waals surface area contributed by atoms with Crippen molar-refractivity contribution in [2.24, 2.45) is 5.84 Å². The number of hydrazine groups is 1. The molecule has 0 aromatic heterocycles. The maximum absolute atomic E-state index is 12.0. The van der Waals surface area contributed by atoms with Crippen LogP contribution >= 0.6 is 0 Å². The van der Waals surface area contributed by atoms with Gasteiger partial charge in [-0.1, -0.05) is 12.1 Å². The van der Waals surface area contributed by atoms with E-state index in [0.29, 0.717) is 11.7 Å². The molecule has 1 aliphatic rings. The van der Waals surface area contributed by atoms with Crippen LogP contribution in [0, 0.1) is 0 Å². The van der Waals surface area contributed by atoms with Crippen molar-refractivity contribution in [3.63, 3.8) is 0 Å². The fraction of sp³-hybridized carbons (Fsp3) is 0.588. The lowest BCUT2D eigenvalue weighted by Crippen LogP contribution is -2.47. The Morgan fingerprint density at radius 3 is 2.61 bits per heavy atom. The van der Waals surface area contributed by atoms with Crippen molar-refractivity contribution in [2.45, 2.75) is 51.9 Å². The van der Waals surface area contributed by atoms with E-state index in [2.05, 4.69) is 12.2 Å². The van der Waals surface area contributed by atoms with Gasteiger partial charge in [0.2, 0.25) is 0 Å². The van der Waals surface area contributed by atoms with Crippen LogP contribution in [0.5, 0.6) is 0 Å². The summed E-state index contributed by atoms with van der Waals surface area (Å²) < 4.78 is 11.0. The molecule has 6 heteroatoms. The van der Waals surface area contributed by atoms with Gasteiger partial charge in [0.15, 0.2) is 0 Å². The molecular formula is C17H27N3O3. The first-order valence-electron chi connectivity index (χ1n) is 7.98. The van der Waals surface area contributed by atoms with Gasteiger partial charge in [-0.2, -0.15) is 0 Å². The normalized spacial score (nSPS) is 21.8. The molecular weight excluding hydrogens is 294 g/mol. The van der Waals surface area contributed by atoms with Crippen LogP contribution in [0.1, 0.15) is 33.3 Å². The van der Waals surface area contributed by atoms with E-state index in [4.69, 9.17) is 15.3 Å². The topological polar surface area (TPSA) is 76.8 Å². The molecule has 1 amide bonds. The minimum absolute atomic E-state index is 0.162. The molecule has 1 aromatic rings. The van der Waals surface area contributed by atoms with E-state index in [1.54, 1.807) is 20.8 Å². The van der Waals surface area contributed by atoms with Crippen LogP contribution < -0.4 is 16.2 Å². The lowest BCUT2D eigenvalue weighted by Gasteiger charge is -2.30. The van der Waals surface area contributed by atoms with E-state index < -0.39 is 11.7 Å². The third kappa shape index (κ3) is 5.20. The highest BCUT2D eigenvalue weighted by Gasteiger charge is 2.23. The highest BCUT2D eigenvalue weighted by Crippen LogP contribution is 2.18. The maximum atomic E-state index is 12.0. The summed E-state index contributed by atoms with van der Waals surface area (Å²) in [5.41, 5.74) is 1.17. The number of ether oxygens (including phenoxy) is 2. The molecule has 3 N–H and O–H groups in total. The van der Waals surface area contributed by atoms with E-state index in [-0.39, 0.29) is 6.10 Å². The molecule has 2 rings (SSSR count). The van der Waals surface area contributed by atoms with Crippen molar-refractivity contribution >= 4 is 11.8 Å². The number of morpholine rings is 1. The van der Waals surface area contributed by atoms with Crippen LogP contribution in [0.2, 0.25) is 0 Å². The number of hydrogen-bond donors (Lipinski definition) is 2. The molecule has 0 bridgehead atoms. The Labute approximate surface area is 137 Å². The molecule has 0 radical (unpaired) electrons. The number of amides is 1. The largest absolute Gasteiger partial charge is 0.442 e. The second-order valence-corrected chi connectivity index (χ2v) is 6.87. The fourth-order valence-corrected chi connectivity index (χ4v) is 2.45. The summed E-state index contributed by atoms with van der Waals surface area (Å²) in [4.78, 5) is 12.0. The van der Waals surface area contributed by atoms with Crippen molar-refractivity contribution in [3.8, 4) is 0 Å². The smallest absolute Gasteiger partial charge is 0.429 e. The number of benzene rings is 1. The van der Waals surface area contributed by atoms with E-state index in [0.717, 1.165) is 30.1 Å². The first-order valence-corrected chi connectivity index (χ1v) is 7.98. The summed E-state index contributed by atoms with van der Waals surface area (Å²) in [5, 5.41) is 4.43. The summed E-state index contributed by atoms with van der Waals surface area (Å²) in [6.07, 6.45) is 0.416. The van der Waals surface area contributed by atoms with Crippen molar-refractivity contribution in [1.82, 2.24) is 5.32 Å². The zero-order valence-electron chi connectivity index (χ0n) is 14.3. The Hall–Kier alpha value is -1.63. The van der Waals surface area contributed by atoms with Crippen LogP contribution in [0.4, 0.5) is 10.5 Å². The highest BCUT2D eigenvalue weighted by atomic mass is 16.6. The second-order valence-electron chi connectivity index (χ2n) is 6.87. The van der Waals surface area contributed by atoms with Gasteiger partial charge < -0.3 is 14.8 Å². The van der Waals surface area contributed by atoms with Gasteiger partial charge in [-0.05, 0) is 45.4 Å². The van der Waals surface area contributed by atoms with Crippen molar-refractivity contribution in [2.75, 3.05) is 18.2 Å². The molecule has 1 heterocycles. The Morgan fingerprint density at radius 2 is 2.04 bits per heavy atom. The van der Waals surface area contributed by atoms with Crippen LogP contribution in [0.3, 0.4) is 0 Å². The van der Waals surface area contributed by atoms with E-state index >= 15 is 0 Å². The molecule has 0 saturated carbocycles. The average molecular weight is 321 g/mol. The molecule has 1 aromatic carbocycles. The molecule has 23 heavy (non-hydrogen) atoms. The predicted octanol–water partition coefficient (Wildman–Crippen LogP) is 2.22. The molecule has 1 unspecified atom stereocenters. The Balaban J connectivity index is 1.97. The number of nitrogens with two attached hydrogens (primary N) is 1. The van der Waals surface area contributed by atoms with Crippen LogP contribution in [-0.4, -0.2) is 37.0 Å². The molecule has 1 aliphatic heterocycles. The first-order chi connectivity index (χ1) is 10.8. The third-order valence-electron chi connectivity index (χ3n) is 3.70. The van der Waals surface area contributed by atoms with Crippen molar-refractivity contribution in [1.29, 1.82) is 0 Å². The van der Waals surface area contributed by atoms with Gasteiger partial charge in [-0.15, -0.1) is 0 Å². The molecule has 0 aliphatic carbocycles. The molecule has 1 saturated heterocycles. The number of hydrogen-bond acceptors (Lipinski definition) is 5. The summed E-state index contributed by atoms with van der Waals surface area (Å²) in [6, 6.07) is 7.89. The summed E-state index contributed by atoms with van der Waals surface area (Å²) in [6.45, 7) is 9.18. The minimum Gasteiger partial charge on any atom is -0.442 e. The van der Waals surface area contributed by atoms with Gasteiger partial charge in [0.05, 0.1) is 18.4 Å². The molecule has 1 fully saturated rings. The van der Waals surface area contributed by atoms with Gasteiger partial charge in [0.25, 0.3) is 0 Å². The monoisotopic (exact) mass is 321 g/mol. The van der Waals surface area contributed by atoms with Crippen LogP contribution in [-0.2, 0) is 15.9 Å². The lowest BCUT2D eigenvalue weighted by atomic mass is 10.0. The zero-order valence-corrected chi connectivity index (χ0v) is 14.3. The van der Waals surface area contributed by atoms with Crippen molar-refractivity contribution in [3.05, 3.63) is 29.8 Å². The summed E-state index contributed by atoms with van der Waals surface area (Å²) in [7, 11) is 0. The van der Waals surface area contributed by atoms with E-state index in [1.165, 1.54) is 0 Å². The van der Waals surface area contributed by atoms with Gasteiger partial charge in [-0.3, -0.25) is 0 Å². The van der Waals surface area contributed by atoms with Gasteiger partial charge in [0.1, 0.15) is 5.60 Å². The lowest BCUT2D eigenvalue weighted by molar-refractivity contribution is 0.00194. The highest BCUT2D eigenvalue weighted by molar-refractivity contribution is 5.86. The number of rotatable bonds is 3. The van der Waals surface area contributed by atoms with Gasteiger partial charge in [0, 0.05) is 19.0 Å². The maximum Gasteiger partial charge on any atom is 0.429 e. The molecule has 128 valence electrons. The number of carbonyl (C=O) groups excluding carboxylic acids is 1. The van der Waals surface area contributed by atoms with E-state index in [1.807, 2.05) is 24.3 Å². The summed E-state index contributed by atoms with van der Waals surface area (Å²) in [5.74, 6) is 5.83. The quantitative estimate of drug-likeness (QED) is 0.507. The SMILES string of the molecule is CC1NCCO[C@@H]1Cc1ccc(N(N)C(=O)OC(C)(C)C)cc1. The number of carbonyl (C=O) groups is 1. The zero-order chi connectivity index (χ0) is 17.0. The van der Waals surface area contributed by atoms with Crippen LogP contribution in [0.25, 0.3) is 0 Å². The third-order valence-corrected chi connectivity index (χ3v) is 3.70. The van der Waals surface area contributed by atoms with Gasteiger partial charge >= 0.3 is 6.09 Å². The summed E-state index contributed by atoms with van der Waals surface area (Å²) >= 11 is 0. The Bertz CT molecular complexity index is 525. The number of nitrogens with zero attached hydrogens (tertiary/aromatic N) is 1. The number of nitrogens with one attached hydrogen (secondary N) is 1. The second kappa shape index (κ2) is 7.29. The average Bonchev–Trinajstić information content (AvgIpc) is 2.48. The predicted molar refractivity (Wildman–Crippen MR) is 90.3 cm³/mol. The Kier molecular flexibility index (Phi) is 5.62. The van der Waals surface area contributed by atoms with E-state index in [9.17, 15) is 4.79 Å². The standard InChI is InChI=1S/C17H27N3O3/c1-12-15(22-10-9-19-12)11-13-5-7-14(8-6-13)20(18)16(21)23-17(2,3)4/h5-8,12,15,19H,9-11,18H2,1-4H3/t12?,15-/m1/s1. The van der Waals surface area contributed by atoms with Gasteiger partial charge in [-0.25, -0.2) is 15.6 Å². The molecule has 6 nitrogen and oxygen atoms in total. The Morgan fingerprint density at radius 1 is 1.39 bits per heavy atom.